The molecule has 1 saturated carbocycles. The number of hydrogen-bond acceptors (Lipinski definition) is 0. The molecule has 0 aromatic heterocycles. The predicted octanol–water partition coefficient (Wildman–Crippen LogP) is 4.57. The second kappa shape index (κ2) is 3.95. The summed E-state index contributed by atoms with van der Waals surface area (Å²) in [7, 11) is 0. The topological polar surface area (TPSA) is 0 Å². The van der Waals surface area contributed by atoms with Crippen LogP contribution in [0.1, 0.15) is 54.4 Å². The molecule has 2 atom stereocenters. The normalized spacial score (nSPS) is 25.6. The zero-order chi connectivity index (χ0) is 10.9. The third-order valence-corrected chi connectivity index (χ3v) is 4.01. The van der Waals surface area contributed by atoms with Crippen molar-refractivity contribution in [2.45, 2.75) is 54.4 Å². The van der Waals surface area contributed by atoms with Crippen LogP contribution in [-0.2, 0) is 0 Å². The third kappa shape index (κ3) is 1.96. The van der Waals surface area contributed by atoms with Gasteiger partial charge in [-0.3, -0.25) is 0 Å². The van der Waals surface area contributed by atoms with Crippen molar-refractivity contribution in [3.05, 3.63) is 16.9 Å². The summed E-state index contributed by atoms with van der Waals surface area (Å²) in [5.74, 6) is 1.45. The summed E-state index contributed by atoms with van der Waals surface area (Å²) in [6.45, 7) is 13.8. The molecule has 0 aliphatic heterocycles. The summed E-state index contributed by atoms with van der Waals surface area (Å²) in [5.41, 5.74) is 7.14. The van der Waals surface area contributed by atoms with Crippen molar-refractivity contribution in [3.8, 4) is 0 Å². The lowest BCUT2D eigenvalue weighted by Crippen LogP contribution is -1.95. The smallest absolute Gasteiger partial charge is 0.000325 e. The van der Waals surface area contributed by atoms with Gasteiger partial charge in [0.1, 0.15) is 0 Å². The number of hydrogen-bond donors (Lipinski definition) is 0. The van der Waals surface area contributed by atoms with Crippen molar-refractivity contribution in [2.24, 2.45) is 17.3 Å². The zero-order valence-electron chi connectivity index (χ0n) is 10.6. The van der Waals surface area contributed by atoms with E-state index in [9.17, 15) is 0 Å². The van der Waals surface area contributed by atoms with E-state index in [1.807, 2.05) is 0 Å². The van der Waals surface area contributed by atoms with E-state index in [4.69, 9.17) is 0 Å². The van der Waals surface area contributed by atoms with E-state index in [1.54, 1.807) is 0 Å². The van der Waals surface area contributed by atoms with Gasteiger partial charge >= 0.3 is 0 Å². The monoisotopic (exact) mass is 192 g/mol. The zero-order valence-corrected chi connectivity index (χ0v) is 10.6. The summed E-state index contributed by atoms with van der Waals surface area (Å²) in [5, 5.41) is 0. The molecule has 0 saturated heterocycles. The van der Waals surface area contributed by atoms with Crippen LogP contribution in [0.15, 0.2) is 16.9 Å². The van der Waals surface area contributed by atoms with E-state index in [0.29, 0.717) is 11.3 Å². The van der Waals surface area contributed by atoms with Gasteiger partial charge in [-0.05, 0) is 35.8 Å². The Morgan fingerprint density at radius 3 is 2.21 bits per heavy atom. The lowest BCUT2D eigenvalue weighted by molar-refractivity contribution is 0.595. The first kappa shape index (κ1) is 11.6. The molecular formula is C14H24. The van der Waals surface area contributed by atoms with Gasteiger partial charge in [0, 0.05) is 5.41 Å². The van der Waals surface area contributed by atoms with Gasteiger partial charge in [0.05, 0.1) is 0 Å². The van der Waals surface area contributed by atoms with E-state index in [1.165, 1.54) is 17.6 Å². The lowest BCUT2D eigenvalue weighted by Gasteiger charge is -2.08. The van der Waals surface area contributed by atoms with Crippen molar-refractivity contribution < 1.29 is 0 Å². The largest absolute Gasteiger partial charge is 0.121 e. The Bertz CT molecular complexity index is 274. The molecule has 0 amide bonds. The van der Waals surface area contributed by atoms with Crippen molar-refractivity contribution in [2.75, 3.05) is 0 Å². The molecule has 2 unspecified atom stereocenters. The Balaban J connectivity index is 2.96. The van der Waals surface area contributed by atoms with Crippen LogP contribution in [0, 0.1) is 17.3 Å². The van der Waals surface area contributed by atoms with Gasteiger partial charge in [0.25, 0.3) is 0 Å². The van der Waals surface area contributed by atoms with Crippen LogP contribution in [0.3, 0.4) is 0 Å². The van der Waals surface area contributed by atoms with Gasteiger partial charge in [-0.2, -0.15) is 0 Å². The van der Waals surface area contributed by atoms with Crippen LogP contribution in [0.2, 0.25) is 0 Å². The highest BCUT2D eigenvalue weighted by atomic mass is 14.5. The molecule has 0 spiro atoms. The van der Waals surface area contributed by atoms with Crippen LogP contribution >= 0.6 is 0 Å². The van der Waals surface area contributed by atoms with E-state index in [0.717, 1.165) is 12.3 Å². The molecule has 0 heteroatoms. The molecule has 0 nitrogen and oxygen atoms in total. The minimum Gasteiger partial charge on any atom is -0.121 e. The quantitative estimate of drug-likeness (QED) is 0.575. The molecule has 1 aliphatic carbocycles. The molecule has 0 radical (unpaired) electrons. The molecule has 0 heterocycles. The summed E-state index contributed by atoms with van der Waals surface area (Å²) >= 11 is 0. The first-order chi connectivity index (χ1) is 6.45. The fourth-order valence-corrected chi connectivity index (χ4v) is 2.02. The second-order valence-corrected chi connectivity index (χ2v) is 5.17. The molecule has 1 fully saturated rings. The fraction of sp³-hybridized carbons (Fsp3) is 0.786. The Labute approximate surface area is 89.1 Å². The van der Waals surface area contributed by atoms with Crippen LogP contribution < -0.4 is 0 Å². The molecule has 1 rings (SSSR count). The molecule has 1 aliphatic rings. The first-order valence-corrected chi connectivity index (χ1v) is 5.95. The van der Waals surface area contributed by atoms with Crippen LogP contribution in [0.4, 0.5) is 0 Å². The molecular weight excluding hydrogens is 168 g/mol. The van der Waals surface area contributed by atoms with Crippen molar-refractivity contribution in [3.63, 3.8) is 0 Å². The average molecular weight is 192 g/mol. The van der Waals surface area contributed by atoms with E-state index in [-0.39, 0.29) is 0 Å². The molecule has 14 heavy (non-hydrogen) atoms. The highest BCUT2D eigenvalue weighted by Gasteiger charge is 2.48. The van der Waals surface area contributed by atoms with Gasteiger partial charge in [0.15, 0.2) is 0 Å². The first-order valence-electron chi connectivity index (χ1n) is 5.95. The molecule has 0 bridgehead atoms. The van der Waals surface area contributed by atoms with Gasteiger partial charge in [-0.1, -0.05) is 41.5 Å². The molecule has 0 aromatic carbocycles. The highest BCUT2D eigenvalue weighted by Crippen LogP contribution is 2.57. The Hall–Kier alpha value is -0.480. The van der Waals surface area contributed by atoms with Crippen molar-refractivity contribution >= 4 is 0 Å². The van der Waals surface area contributed by atoms with Gasteiger partial charge in [-0.25, -0.2) is 0 Å². The standard InChI is InChI=1S/C14H24/c1-7-10(3)12(8-2)9-13-11(4)14(13,5)6/h10-11H,7-8H2,1-6H3. The summed E-state index contributed by atoms with van der Waals surface area (Å²) in [6, 6.07) is 0. The minimum absolute atomic E-state index is 0.424. The Morgan fingerprint density at radius 1 is 1.43 bits per heavy atom. The fourth-order valence-electron chi connectivity index (χ4n) is 2.02. The molecule has 80 valence electrons. The molecule has 0 aromatic rings. The lowest BCUT2D eigenvalue weighted by atomic mass is 9.97. The van der Waals surface area contributed by atoms with Crippen LogP contribution in [0.25, 0.3) is 0 Å². The van der Waals surface area contributed by atoms with Crippen molar-refractivity contribution in [1.29, 1.82) is 0 Å². The van der Waals surface area contributed by atoms with Crippen LogP contribution in [0.5, 0.6) is 0 Å². The maximum atomic E-state index is 3.66. The highest BCUT2D eigenvalue weighted by molar-refractivity contribution is 5.35. The van der Waals surface area contributed by atoms with E-state index >= 15 is 0 Å². The third-order valence-electron chi connectivity index (χ3n) is 4.01. The van der Waals surface area contributed by atoms with Gasteiger partial charge in [-0.15, -0.1) is 5.73 Å². The summed E-state index contributed by atoms with van der Waals surface area (Å²) in [6.07, 6.45) is 2.39. The average Bonchev–Trinajstić information content (AvgIpc) is 2.62. The van der Waals surface area contributed by atoms with Gasteiger partial charge < -0.3 is 0 Å². The maximum absolute atomic E-state index is 3.66. The number of allylic oxidation sites excluding steroid dienone is 1. The Morgan fingerprint density at radius 2 is 1.93 bits per heavy atom. The van der Waals surface area contributed by atoms with E-state index < -0.39 is 0 Å². The van der Waals surface area contributed by atoms with Crippen molar-refractivity contribution in [1.82, 2.24) is 0 Å². The SMILES string of the molecule is CCC(=C=C1C(C)C1(C)C)C(C)CC. The minimum atomic E-state index is 0.424. The molecule has 0 N–H and O–H groups in total. The summed E-state index contributed by atoms with van der Waals surface area (Å²) in [4.78, 5) is 0. The Kier molecular flexibility index (Phi) is 3.27. The predicted molar refractivity (Wildman–Crippen MR) is 63.2 cm³/mol. The summed E-state index contributed by atoms with van der Waals surface area (Å²) < 4.78 is 0. The van der Waals surface area contributed by atoms with Crippen LogP contribution in [-0.4, -0.2) is 0 Å². The van der Waals surface area contributed by atoms with E-state index in [2.05, 4.69) is 47.3 Å². The second-order valence-electron chi connectivity index (χ2n) is 5.17. The number of rotatable bonds is 3. The van der Waals surface area contributed by atoms with Gasteiger partial charge in [0.2, 0.25) is 0 Å². The maximum Gasteiger partial charge on any atom is 0.000325 e.